The molecule has 0 saturated carbocycles. The molecule has 18 heavy (non-hydrogen) atoms. The first-order valence-electron chi connectivity index (χ1n) is 5.87. The van der Waals surface area contributed by atoms with Crippen molar-refractivity contribution in [3.05, 3.63) is 27.8 Å². The predicted octanol–water partition coefficient (Wildman–Crippen LogP) is 1.15. The summed E-state index contributed by atoms with van der Waals surface area (Å²) in [6, 6.07) is 0. The van der Waals surface area contributed by atoms with Crippen LogP contribution < -0.4 is 0 Å². The first-order valence-corrected chi connectivity index (χ1v) is 6.66. The monoisotopic (exact) mass is 313 g/mol. The molecule has 0 amide bonds. The van der Waals surface area contributed by atoms with Crippen LogP contribution in [-0.4, -0.2) is 36.5 Å². The van der Waals surface area contributed by atoms with Gasteiger partial charge in [0.15, 0.2) is 0 Å². The number of aliphatic hydroxyl groups is 1. The van der Waals surface area contributed by atoms with Crippen molar-refractivity contribution < 1.29 is 5.11 Å². The number of hydrogen-bond donors (Lipinski definition) is 1. The molecule has 0 spiro atoms. The fourth-order valence-electron chi connectivity index (χ4n) is 1.82. The highest BCUT2D eigenvalue weighted by Gasteiger charge is 2.13. The molecule has 0 aromatic carbocycles. The Labute approximate surface area is 114 Å². The average Bonchev–Trinajstić information content (AvgIpc) is 2.90. The van der Waals surface area contributed by atoms with Crippen LogP contribution in [0, 0.1) is 6.92 Å². The molecule has 6 nitrogen and oxygen atoms in total. The number of nitrogens with zero attached hydrogens (tertiary/aromatic N) is 5. The summed E-state index contributed by atoms with van der Waals surface area (Å²) in [6.07, 6.45) is 2.39. The summed E-state index contributed by atoms with van der Waals surface area (Å²) in [4.78, 5) is 0. The van der Waals surface area contributed by atoms with Gasteiger partial charge in [0.1, 0.15) is 0 Å². The van der Waals surface area contributed by atoms with Crippen molar-refractivity contribution in [2.24, 2.45) is 0 Å². The van der Waals surface area contributed by atoms with E-state index in [-0.39, 0.29) is 6.61 Å². The summed E-state index contributed by atoms with van der Waals surface area (Å²) in [6.45, 7) is 5.56. The Morgan fingerprint density at radius 1 is 1.44 bits per heavy atom. The summed E-state index contributed by atoms with van der Waals surface area (Å²) in [5, 5.41) is 21.3. The highest BCUT2D eigenvalue weighted by molar-refractivity contribution is 9.10. The Morgan fingerprint density at radius 3 is 2.89 bits per heavy atom. The van der Waals surface area contributed by atoms with Crippen molar-refractivity contribution in [1.82, 2.24) is 24.8 Å². The van der Waals surface area contributed by atoms with E-state index < -0.39 is 0 Å². The van der Waals surface area contributed by atoms with Crippen LogP contribution in [0.4, 0.5) is 0 Å². The molecule has 0 bridgehead atoms. The minimum absolute atomic E-state index is 0.0917. The molecule has 7 heteroatoms. The molecule has 0 fully saturated rings. The van der Waals surface area contributed by atoms with Gasteiger partial charge in [0.2, 0.25) is 0 Å². The number of rotatable bonds is 5. The third kappa shape index (κ3) is 2.62. The maximum Gasteiger partial charge on any atom is 0.0857 e. The van der Waals surface area contributed by atoms with Gasteiger partial charge >= 0.3 is 0 Å². The molecule has 0 aliphatic heterocycles. The third-order valence-corrected chi connectivity index (χ3v) is 3.75. The van der Waals surface area contributed by atoms with Crippen LogP contribution in [0.1, 0.15) is 24.0 Å². The highest BCUT2D eigenvalue weighted by atomic mass is 79.9. The molecule has 2 heterocycles. The van der Waals surface area contributed by atoms with E-state index in [0.29, 0.717) is 13.0 Å². The molecule has 98 valence electrons. The van der Waals surface area contributed by atoms with E-state index >= 15 is 0 Å². The summed E-state index contributed by atoms with van der Waals surface area (Å²) >= 11 is 3.55. The third-order valence-electron chi connectivity index (χ3n) is 2.72. The lowest BCUT2D eigenvalue weighted by Crippen LogP contribution is -2.09. The van der Waals surface area contributed by atoms with Gasteiger partial charge in [-0.25, -0.2) is 4.68 Å². The zero-order valence-corrected chi connectivity index (χ0v) is 12.1. The number of halogens is 1. The SMILES string of the molecule is CCn1nc(C)c(Br)c1Cn1cc(CCO)nn1. The summed E-state index contributed by atoms with van der Waals surface area (Å²) in [5.41, 5.74) is 2.85. The van der Waals surface area contributed by atoms with Crippen molar-refractivity contribution >= 4 is 15.9 Å². The molecule has 0 radical (unpaired) electrons. The maximum absolute atomic E-state index is 8.85. The lowest BCUT2D eigenvalue weighted by Gasteiger charge is -2.04. The zero-order valence-electron chi connectivity index (χ0n) is 10.5. The molecule has 0 saturated heterocycles. The fraction of sp³-hybridized carbons (Fsp3) is 0.545. The molecule has 0 aliphatic carbocycles. The van der Waals surface area contributed by atoms with E-state index in [2.05, 4.69) is 38.3 Å². The number of aromatic nitrogens is 5. The average molecular weight is 314 g/mol. The molecule has 2 rings (SSSR count). The molecule has 0 aliphatic rings. The topological polar surface area (TPSA) is 68.8 Å². The van der Waals surface area contributed by atoms with E-state index in [1.807, 2.05) is 17.8 Å². The van der Waals surface area contributed by atoms with Gasteiger partial charge < -0.3 is 5.11 Å². The Kier molecular flexibility index (Phi) is 4.13. The van der Waals surface area contributed by atoms with Gasteiger partial charge in [0.05, 0.1) is 28.1 Å². The smallest absolute Gasteiger partial charge is 0.0857 e. The second-order valence-corrected chi connectivity index (χ2v) is 4.84. The van der Waals surface area contributed by atoms with Crippen molar-refractivity contribution in [1.29, 1.82) is 0 Å². The van der Waals surface area contributed by atoms with Crippen molar-refractivity contribution in [2.45, 2.75) is 33.4 Å². The van der Waals surface area contributed by atoms with Gasteiger partial charge in [-0.15, -0.1) is 5.10 Å². The minimum atomic E-state index is 0.0917. The van der Waals surface area contributed by atoms with Crippen LogP contribution in [0.15, 0.2) is 10.7 Å². The highest BCUT2D eigenvalue weighted by Crippen LogP contribution is 2.21. The lowest BCUT2D eigenvalue weighted by atomic mass is 10.3. The molecule has 0 unspecified atom stereocenters. The van der Waals surface area contributed by atoms with E-state index in [9.17, 15) is 0 Å². The van der Waals surface area contributed by atoms with E-state index in [0.717, 1.165) is 28.1 Å². The van der Waals surface area contributed by atoms with Crippen LogP contribution >= 0.6 is 15.9 Å². The molecule has 2 aromatic heterocycles. The quantitative estimate of drug-likeness (QED) is 0.899. The summed E-state index contributed by atoms with van der Waals surface area (Å²) < 4.78 is 4.73. The second-order valence-electron chi connectivity index (χ2n) is 4.04. The van der Waals surface area contributed by atoms with E-state index in [1.54, 1.807) is 4.68 Å². The van der Waals surface area contributed by atoms with Crippen molar-refractivity contribution in [2.75, 3.05) is 6.61 Å². The fourth-order valence-corrected chi connectivity index (χ4v) is 2.23. The Balaban J connectivity index is 2.22. The predicted molar refractivity (Wildman–Crippen MR) is 70.3 cm³/mol. The first kappa shape index (κ1) is 13.2. The van der Waals surface area contributed by atoms with E-state index in [4.69, 9.17) is 5.11 Å². The summed E-state index contributed by atoms with van der Waals surface area (Å²) in [7, 11) is 0. The van der Waals surface area contributed by atoms with Gasteiger partial charge in [-0.05, 0) is 29.8 Å². The number of aliphatic hydroxyl groups excluding tert-OH is 1. The normalized spacial score (nSPS) is 11.1. The lowest BCUT2D eigenvalue weighted by molar-refractivity contribution is 0.298. The van der Waals surface area contributed by atoms with Gasteiger partial charge in [0.25, 0.3) is 0 Å². The van der Waals surface area contributed by atoms with Crippen LogP contribution in [0.3, 0.4) is 0 Å². The van der Waals surface area contributed by atoms with Crippen molar-refractivity contribution in [3.63, 3.8) is 0 Å². The van der Waals surface area contributed by atoms with Gasteiger partial charge in [-0.2, -0.15) is 5.10 Å². The van der Waals surface area contributed by atoms with Crippen LogP contribution in [0.2, 0.25) is 0 Å². The Bertz CT molecular complexity index is 534. The Morgan fingerprint density at radius 2 is 2.22 bits per heavy atom. The molecular weight excluding hydrogens is 298 g/mol. The number of hydrogen-bond acceptors (Lipinski definition) is 4. The molecule has 0 atom stereocenters. The molecule has 2 aromatic rings. The van der Waals surface area contributed by atoms with Crippen LogP contribution in [0.5, 0.6) is 0 Å². The Hall–Kier alpha value is -1.21. The van der Waals surface area contributed by atoms with Crippen LogP contribution in [0.25, 0.3) is 0 Å². The van der Waals surface area contributed by atoms with Gasteiger partial charge in [-0.1, -0.05) is 5.21 Å². The minimum Gasteiger partial charge on any atom is -0.396 e. The van der Waals surface area contributed by atoms with Crippen LogP contribution in [-0.2, 0) is 19.5 Å². The van der Waals surface area contributed by atoms with Gasteiger partial charge in [0, 0.05) is 25.8 Å². The largest absolute Gasteiger partial charge is 0.396 e. The zero-order chi connectivity index (χ0) is 13.1. The summed E-state index contributed by atoms with van der Waals surface area (Å²) in [5.74, 6) is 0. The standard InChI is InChI=1S/C11H16BrN5O/c1-3-17-10(11(12)8(2)14-17)7-16-6-9(4-5-18)13-15-16/h6,18H,3-5,7H2,1-2H3. The van der Waals surface area contributed by atoms with E-state index in [1.165, 1.54) is 0 Å². The van der Waals surface area contributed by atoms with Gasteiger partial charge in [-0.3, -0.25) is 4.68 Å². The number of aryl methyl sites for hydroxylation is 2. The second kappa shape index (κ2) is 5.62. The molecule has 1 N–H and O–H groups in total. The van der Waals surface area contributed by atoms with Crippen molar-refractivity contribution in [3.8, 4) is 0 Å². The maximum atomic E-state index is 8.85. The molecular formula is C11H16BrN5O. The first-order chi connectivity index (χ1) is 8.65.